The zero-order chi connectivity index (χ0) is 8.43. The van der Waals surface area contributed by atoms with Crippen LogP contribution in [0.4, 0.5) is 0 Å². The molecule has 1 heterocycles. The van der Waals surface area contributed by atoms with E-state index in [2.05, 4.69) is 5.10 Å². The molecule has 0 saturated carbocycles. The van der Waals surface area contributed by atoms with Crippen LogP contribution in [0.2, 0.25) is 0 Å². The number of nitrogens with zero attached hydrogens (tertiary/aromatic N) is 2. The van der Waals surface area contributed by atoms with E-state index in [1.54, 1.807) is 13.8 Å². The highest BCUT2D eigenvalue weighted by Crippen LogP contribution is 2.11. The first-order chi connectivity index (χ1) is 5.15. The molecule has 1 N–H and O–H groups in total. The van der Waals surface area contributed by atoms with Crippen LogP contribution in [0.1, 0.15) is 23.7 Å². The number of carbonyl (C=O) groups excluding carboxylic acids is 1. The lowest BCUT2D eigenvalue weighted by molar-refractivity contribution is 0.0891. The normalized spacial score (nSPS) is 10.0. The molecule has 0 radical (unpaired) electrons. The molecule has 0 spiro atoms. The minimum absolute atomic E-state index is 0.0770. The lowest BCUT2D eigenvalue weighted by Crippen LogP contribution is -2.08. The fourth-order valence-corrected chi connectivity index (χ4v) is 0.741. The maximum atomic E-state index is 11.0. The molecule has 0 aliphatic heterocycles. The van der Waals surface area contributed by atoms with Crippen molar-refractivity contribution in [2.24, 2.45) is 0 Å². The van der Waals surface area contributed by atoms with Crippen LogP contribution in [-0.4, -0.2) is 20.8 Å². The lowest BCUT2D eigenvalue weighted by atomic mass is 10.4. The van der Waals surface area contributed by atoms with E-state index in [0.29, 0.717) is 12.0 Å². The summed E-state index contributed by atoms with van der Waals surface area (Å²) in [7, 11) is 0. The van der Waals surface area contributed by atoms with Gasteiger partial charge in [-0.15, -0.1) is 5.10 Å². The fraction of sp³-hybridized carbons (Fsp3) is 0.429. The molecule has 4 heteroatoms. The summed E-state index contributed by atoms with van der Waals surface area (Å²) in [5.74, 6) is -0.194. The van der Waals surface area contributed by atoms with Crippen molar-refractivity contribution in [3.05, 3.63) is 11.8 Å². The van der Waals surface area contributed by atoms with Crippen molar-refractivity contribution in [1.82, 2.24) is 9.78 Å². The summed E-state index contributed by atoms with van der Waals surface area (Å²) in [6, 6.07) is 0. The number of hydrogen-bond acceptors (Lipinski definition) is 3. The summed E-state index contributed by atoms with van der Waals surface area (Å²) in [6.07, 6.45) is 1.90. The largest absolute Gasteiger partial charge is 0.492 e. The lowest BCUT2D eigenvalue weighted by Gasteiger charge is -1.92. The first kappa shape index (κ1) is 7.78. The molecular weight excluding hydrogens is 144 g/mol. The molecule has 1 aromatic rings. The summed E-state index contributed by atoms with van der Waals surface area (Å²) in [6.45, 7) is 3.44. The molecule has 0 bridgehead atoms. The highest BCUT2D eigenvalue weighted by molar-refractivity contribution is 5.77. The van der Waals surface area contributed by atoms with E-state index in [-0.39, 0.29) is 11.8 Å². The average molecular weight is 154 g/mol. The van der Waals surface area contributed by atoms with E-state index in [1.165, 1.54) is 6.20 Å². The van der Waals surface area contributed by atoms with E-state index in [4.69, 9.17) is 5.11 Å². The third-order valence-electron chi connectivity index (χ3n) is 1.43. The predicted octanol–water partition coefficient (Wildman–Crippen LogP) is 0.947. The predicted molar refractivity (Wildman–Crippen MR) is 39.5 cm³/mol. The zero-order valence-corrected chi connectivity index (χ0v) is 6.53. The van der Waals surface area contributed by atoms with Crippen molar-refractivity contribution in [3.63, 3.8) is 0 Å². The number of hydrogen-bond donors (Lipinski definition) is 1. The third-order valence-corrected chi connectivity index (χ3v) is 1.43. The van der Waals surface area contributed by atoms with Crippen LogP contribution in [0.5, 0.6) is 5.88 Å². The van der Waals surface area contributed by atoms with E-state index in [0.717, 1.165) is 4.68 Å². The SMILES string of the molecule is CCC(=O)n1cc(C)c(O)n1. The van der Waals surface area contributed by atoms with Gasteiger partial charge in [-0.25, -0.2) is 4.68 Å². The molecule has 0 aromatic carbocycles. The quantitative estimate of drug-likeness (QED) is 0.655. The smallest absolute Gasteiger partial charge is 0.246 e. The van der Waals surface area contributed by atoms with Gasteiger partial charge in [0.15, 0.2) is 0 Å². The Hall–Kier alpha value is -1.32. The Kier molecular flexibility index (Phi) is 1.94. The Bertz CT molecular complexity index is 258. The van der Waals surface area contributed by atoms with Crippen LogP contribution < -0.4 is 0 Å². The molecule has 0 aliphatic rings. The molecule has 0 aliphatic carbocycles. The molecule has 0 unspecified atom stereocenters. The van der Waals surface area contributed by atoms with Gasteiger partial charge in [-0.2, -0.15) is 0 Å². The van der Waals surface area contributed by atoms with Gasteiger partial charge < -0.3 is 5.11 Å². The molecular formula is C7H10N2O2. The molecule has 11 heavy (non-hydrogen) atoms. The van der Waals surface area contributed by atoms with Crippen molar-refractivity contribution < 1.29 is 9.90 Å². The molecule has 1 aromatic heterocycles. The minimum Gasteiger partial charge on any atom is -0.492 e. The molecule has 1 rings (SSSR count). The summed E-state index contributed by atoms with van der Waals surface area (Å²) in [5, 5.41) is 12.6. The highest BCUT2D eigenvalue weighted by Gasteiger charge is 2.06. The number of aromatic nitrogens is 2. The first-order valence-corrected chi connectivity index (χ1v) is 3.43. The van der Waals surface area contributed by atoms with Crippen LogP contribution >= 0.6 is 0 Å². The van der Waals surface area contributed by atoms with Crippen molar-refractivity contribution in [2.45, 2.75) is 20.3 Å². The van der Waals surface area contributed by atoms with Crippen molar-refractivity contribution >= 4 is 5.91 Å². The molecule has 0 fully saturated rings. The second-order valence-electron chi connectivity index (χ2n) is 2.33. The third kappa shape index (κ3) is 1.39. The molecule has 60 valence electrons. The second-order valence-corrected chi connectivity index (χ2v) is 2.33. The Balaban J connectivity index is 2.97. The number of aromatic hydroxyl groups is 1. The average Bonchev–Trinajstić information content (AvgIpc) is 2.31. The molecule has 0 atom stereocenters. The Morgan fingerprint density at radius 3 is 2.82 bits per heavy atom. The van der Waals surface area contributed by atoms with Gasteiger partial charge in [0.05, 0.1) is 0 Å². The number of carbonyl (C=O) groups is 1. The van der Waals surface area contributed by atoms with E-state index in [9.17, 15) is 4.79 Å². The number of aryl methyl sites for hydroxylation is 1. The monoisotopic (exact) mass is 154 g/mol. The highest BCUT2D eigenvalue weighted by atomic mass is 16.3. The Morgan fingerprint density at radius 1 is 1.82 bits per heavy atom. The van der Waals surface area contributed by atoms with Crippen molar-refractivity contribution in [1.29, 1.82) is 0 Å². The maximum Gasteiger partial charge on any atom is 0.246 e. The number of rotatable bonds is 1. The van der Waals surface area contributed by atoms with E-state index >= 15 is 0 Å². The van der Waals surface area contributed by atoms with Crippen LogP contribution in [0.15, 0.2) is 6.20 Å². The van der Waals surface area contributed by atoms with Gasteiger partial charge in [-0.1, -0.05) is 6.92 Å². The van der Waals surface area contributed by atoms with Gasteiger partial charge in [-0.05, 0) is 6.92 Å². The van der Waals surface area contributed by atoms with Crippen LogP contribution in [0.3, 0.4) is 0 Å². The fourth-order valence-electron chi connectivity index (χ4n) is 0.741. The molecule has 0 amide bonds. The van der Waals surface area contributed by atoms with Crippen LogP contribution in [0.25, 0.3) is 0 Å². The van der Waals surface area contributed by atoms with Crippen molar-refractivity contribution in [2.75, 3.05) is 0 Å². The Labute approximate surface area is 64.5 Å². The molecule has 0 saturated heterocycles. The van der Waals surface area contributed by atoms with Crippen LogP contribution in [-0.2, 0) is 0 Å². The summed E-state index contributed by atoms with van der Waals surface area (Å²) >= 11 is 0. The van der Waals surface area contributed by atoms with Gasteiger partial charge in [0, 0.05) is 18.2 Å². The van der Waals surface area contributed by atoms with Gasteiger partial charge in [0.1, 0.15) is 0 Å². The maximum absolute atomic E-state index is 11.0. The summed E-state index contributed by atoms with van der Waals surface area (Å²) in [5.41, 5.74) is 0.617. The van der Waals surface area contributed by atoms with Crippen molar-refractivity contribution in [3.8, 4) is 5.88 Å². The van der Waals surface area contributed by atoms with Crippen LogP contribution in [0, 0.1) is 6.92 Å². The Morgan fingerprint density at radius 2 is 2.45 bits per heavy atom. The topological polar surface area (TPSA) is 55.1 Å². The molecule has 4 nitrogen and oxygen atoms in total. The standard InChI is InChI=1S/C7H10N2O2/c1-3-6(10)9-4-5(2)7(11)8-9/h4H,3H2,1-2H3,(H,8,11). The summed E-state index contributed by atoms with van der Waals surface area (Å²) < 4.78 is 1.16. The van der Waals surface area contributed by atoms with Gasteiger partial charge in [-0.3, -0.25) is 4.79 Å². The van der Waals surface area contributed by atoms with E-state index < -0.39 is 0 Å². The second kappa shape index (κ2) is 2.74. The minimum atomic E-state index is -0.117. The van der Waals surface area contributed by atoms with Gasteiger partial charge >= 0.3 is 0 Å². The first-order valence-electron chi connectivity index (χ1n) is 3.43. The van der Waals surface area contributed by atoms with Gasteiger partial charge in [0.25, 0.3) is 0 Å². The van der Waals surface area contributed by atoms with E-state index in [1.807, 2.05) is 0 Å². The summed E-state index contributed by atoms with van der Waals surface area (Å²) in [4.78, 5) is 11.0. The zero-order valence-electron chi connectivity index (χ0n) is 6.53. The van der Waals surface area contributed by atoms with Gasteiger partial charge in [0.2, 0.25) is 11.8 Å².